The molecule has 0 bridgehead atoms. The van der Waals surface area contributed by atoms with Crippen molar-refractivity contribution >= 4 is 15.9 Å². The zero-order valence-electron chi connectivity index (χ0n) is 17.2. The summed E-state index contributed by atoms with van der Waals surface area (Å²) >= 11 is 0. The summed E-state index contributed by atoms with van der Waals surface area (Å²) in [5, 5.41) is 0. The molecule has 0 unspecified atom stereocenters. The molecule has 1 saturated heterocycles. The number of nitrogens with zero attached hydrogens (tertiary/aromatic N) is 3. The number of carbonyl (C=O) groups is 1. The van der Waals surface area contributed by atoms with Gasteiger partial charge in [-0.15, -0.1) is 0 Å². The van der Waals surface area contributed by atoms with Crippen LogP contribution in [0.3, 0.4) is 0 Å². The first-order valence-corrected chi connectivity index (χ1v) is 11.6. The molecule has 30 heavy (non-hydrogen) atoms. The van der Waals surface area contributed by atoms with Crippen LogP contribution in [0.1, 0.15) is 12.0 Å². The molecule has 162 valence electrons. The average molecular weight is 434 g/mol. The van der Waals surface area contributed by atoms with E-state index >= 15 is 0 Å². The summed E-state index contributed by atoms with van der Waals surface area (Å²) in [6.07, 6.45) is 1.93. The lowest BCUT2D eigenvalue weighted by molar-refractivity contribution is -0.133. The normalized spacial score (nSPS) is 15.5. The first-order valence-electron chi connectivity index (χ1n) is 10.1. The monoisotopic (exact) mass is 433 g/mol. The molecule has 0 aromatic heterocycles. The predicted molar refractivity (Wildman–Crippen MR) is 114 cm³/mol. The van der Waals surface area contributed by atoms with Crippen LogP contribution >= 0.6 is 0 Å². The molecule has 0 N–H and O–H groups in total. The summed E-state index contributed by atoms with van der Waals surface area (Å²) < 4.78 is 40.5. The molecule has 1 aliphatic rings. The Morgan fingerprint density at radius 1 is 1.00 bits per heavy atom. The molecule has 2 aromatic rings. The summed E-state index contributed by atoms with van der Waals surface area (Å²) in [4.78, 5) is 15.9. The minimum atomic E-state index is -3.89. The highest BCUT2D eigenvalue weighted by Crippen LogP contribution is 2.20. The smallest absolute Gasteiger partial charge is 0.246 e. The Balaban J connectivity index is 1.45. The van der Waals surface area contributed by atoms with Gasteiger partial charge in [0.2, 0.25) is 15.9 Å². The van der Waals surface area contributed by atoms with Crippen molar-refractivity contribution in [1.82, 2.24) is 14.1 Å². The van der Waals surface area contributed by atoms with E-state index in [-0.39, 0.29) is 23.9 Å². The molecule has 8 heteroatoms. The van der Waals surface area contributed by atoms with Gasteiger partial charge < -0.3 is 4.90 Å². The molecule has 0 saturated carbocycles. The van der Waals surface area contributed by atoms with Crippen molar-refractivity contribution in [3.05, 3.63) is 66.0 Å². The lowest BCUT2D eigenvalue weighted by atomic mass is 10.1. The van der Waals surface area contributed by atoms with Crippen LogP contribution in [0.5, 0.6) is 0 Å². The maximum Gasteiger partial charge on any atom is 0.246 e. The van der Waals surface area contributed by atoms with Crippen molar-refractivity contribution in [2.75, 3.05) is 46.3 Å². The molecular weight excluding hydrogens is 405 g/mol. The predicted octanol–water partition coefficient (Wildman–Crippen LogP) is 2.22. The summed E-state index contributed by atoms with van der Waals surface area (Å²) in [5.74, 6) is -0.770. The van der Waals surface area contributed by atoms with E-state index in [1.807, 2.05) is 30.1 Å². The molecule has 6 nitrogen and oxygen atoms in total. The Morgan fingerprint density at radius 3 is 2.30 bits per heavy atom. The van der Waals surface area contributed by atoms with E-state index in [9.17, 15) is 17.6 Å². The topological polar surface area (TPSA) is 60.9 Å². The second-order valence-electron chi connectivity index (χ2n) is 7.54. The lowest BCUT2D eigenvalue weighted by Crippen LogP contribution is -2.52. The van der Waals surface area contributed by atoms with Gasteiger partial charge in [-0.25, -0.2) is 12.8 Å². The number of carbonyl (C=O) groups excluding carboxylic acids is 1. The Hall–Kier alpha value is -2.29. The van der Waals surface area contributed by atoms with Gasteiger partial charge in [0, 0.05) is 26.2 Å². The standard InChI is InChI=1S/C22H28FN3O3S/c1-24(13-7-10-19-8-3-2-4-9-19)18-22(27)25-14-16-26(17-15-25)30(28,29)21-12-6-5-11-20(21)23/h2-6,8-9,11-12H,7,10,13-18H2,1H3. The van der Waals surface area contributed by atoms with E-state index in [0.717, 1.165) is 25.5 Å². The van der Waals surface area contributed by atoms with Crippen molar-refractivity contribution in [3.8, 4) is 0 Å². The van der Waals surface area contributed by atoms with Crippen LogP contribution in [0.15, 0.2) is 59.5 Å². The molecule has 0 atom stereocenters. The minimum absolute atomic E-state index is 0.0137. The second kappa shape index (κ2) is 10.1. The van der Waals surface area contributed by atoms with E-state index in [2.05, 4.69) is 12.1 Å². The number of amides is 1. The van der Waals surface area contributed by atoms with Crippen LogP contribution in [0.4, 0.5) is 4.39 Å². The highest BCUT2D eigenvalue weighted by molar-refractivity contribution is 7.89. The SMILES string of the molecule is CN(CCCc1ccccc1)CC(=O)N1CCN(S(=O)(=O)c2ccccc2F)CC1. The summed E-state index contributed by atoms with van der Waals surface area (Å²) in [6, 6.07) is 15.6. The van der Waals surface area contributed by atoms with Crippen LogP contribution in [-0.2, 0) is 21.2 Å². The maximum atomic E-state index is 13.9. The maximum absolute atomic E-state index is 13.9. The number of sulfonamides is 1. The van der Waals surface area contributed by atoms with Crippen molar-refractivity contribution in [2.45, 2.75) is 17.7 Å². The van der Waals surface area contributed by atoms with Gasteiger partial charge in [-0.05, 0) is 44.1 Å². The number of halogens is 1. The Bertz CT molecular complexity index is 945. The highest BCUT2D eigenvalue weighted by atomic mass is 32.2. The Morgan fingerprint density at radius 2 is 1.63 bits per heavy atom. The van der Waals surface area contributed by atoms with E-state index in [1.165, 1.54) is 28.1 Å². The number of piperazine rings is 1. The fourth-order valence-electron chi connectivity index (χ4n) is 3.58. The zero-order valence-corrected chi connectivity index (χ0v) is 18.0. The van der Waals surface area contributed by atoms with Crippen LogP contribution in [0, 0.1) is 5.82 Å². The van der Waals surface area contributed by atoms with Gasteiger partial charge in [-0.1, -0.05) is 42.5 Å². The molecule has 1 aliphatic heterocycles. The molecule has 1 heterocycles. The van der Waals surface area contributed by atoms with E-state index in [1.54, 1.807) is 4.90 Å². The zero-order chi connectivity index (χ0) is 21.6. The fraction of sp³-hybridized carbons (Fsp3) is 0.409. The largest absolute Gasteiger partial charge is 0.339 e. The van der Waals surface area contributed by atoms with Crippen molar-refractivity contribution in [3.63, 3.8) is 0 Å². The van der Waals surface area contributed by atoms with Crippen LogP contribution < -0.4 is 0 Å². The van der Waals surface area contributed by atoms with Crippen molar-refractivity contribution < 1.29 is 17.6 Å². The molecule has 1 fully saturated rings. The quantitative estimate of drug-likeness (QED) is 0.641. The first-order chi connectivity index (χ1) is 14.4. The molecule has 0 aliphatic carbocycles. The Kier molecular flexibility index (Phi) is 7.58. The molecule has 2 aromatic carbocycles. The molecule has 0 radical (unpaired) electrons. The number of likely N-dealkylation sites (N-methyl/N-ethyl adjacent to an activating group) is 1. The van der Waals surface area contributed by atoms with Crippen molar-refractivity contribution in [1.29, 1.82) is 0 Å². The second-order valence-corrected chi connectivity index (χ2v) is 9.45. The van der Waals surface area contributed by atoms with Gasteiger partial charge in [0.25, 0.3) is 0 Å². The van der Waals surface area contributed by atoms with Gasteiger partial charge in [0.05, 0.1) is 6.54 Å². The third-order valence-corrected chi connectivity index (χ3v) is 7.23. The average Bonchev–Trinajstić information content (AvgIpc) is 2.74. The van der Waals surface area contributed by atoms with Gasteiger partial charge in [0.1, 0.15) is 10.7 Å². The number of rotatable bonds is 8. The third-order valence-electron chi connectivity index (χ3n) is 5.30. The van der Waals surface area contributed by atoms with Crippen LogP contribution in [-0.4, -0.2) is 74.7 Å². The molecule has 3 rings (SSSR count). The highest BCUT2D eigenvalue weighted by Gasteiger charge is 2.31. The van der Waals surface area contributed by atoms with Gasteiger partial charge in [-0.3, -0.25) is 9.69 Å². The van der Waals surface area contributed by atoms with Crippen LogP contribution in [0.2, 0.25) is 0 Å². The lowest BCUT2D eigenvalue weighted by Gasteiger charge is -2.34. The van der Waals surface area contributed by atoms with E-state index < -0.39 is 15.8 Å². The summed E-state index contributed by atoms with van der Waals surface area (Å²) in [7, 11) is -1.97. The first kappa shape index (κ1) is 22.4. The molecule has 0 spiro atoms. The van der Waals surface area contributed by atoms with Crippen LogP contribution in [0.25, 0.3) is 0 Å². The number of aryl methyl sites for hydroxylation is 1. The molecular formula is C22H28FN3O3S. The molecule has 1 amide bonds. The third kappa shape index (κ3) is 5.65. The fourth-order valence-corrected chi connectivity index (χ4v) is 5.07. The van der Waals surface area contributed by atoms with E-state index in [0.29, 0.717) is 19.6 Å². The summed E-state index contributed by atoms with van der Waals surface area (Å²) in [5.41, 5.74) is 1.28. The van der Waals surface area contributed by atoms with Gasteiger partial charge >= 0.3 is 0 Å². The van der Waals surface area contributed by atoms with Gasteiger partial charge in [0.15, 0.2) is 0 Å². The number of hydrogen-bond donors (Lipinski definition) is 0. The Labute approximate surface area is 177 Å². The van der Waals surface area contributed by atoms with Gasteiger partial charge in [-0.2, -0.15) is 4.31 Å². The minimum Gasteiger partial charge on any atom is -0.339 e. The summed E-state index contributed by atoms with van der Waals surface area (Å²) in [6.45, 7) is 2.06. The number of hydrogen-bond acceptors (Lipinski definition) is 4. The number of benzene rings is 2. The van der Waals surface area contributed by atoms with Crippen molar-refractivity contribution in [2.24, 2.45) is 0 Å². The van der Waals surface area contributed by atoms with E-state index in [4.69, 9.17) is 0 Å².